The highest BCUT2D eigenvalue weighted by molar-refractivity contribution is 4.90. The maximum atomic E-state index is 3.73. The molecule has 112 valence electrons. The van der Waals surface area contributed by atoms with Crippen molar-refractivity contribution in [1.29, 1.82) is 0 Å². The number of rotatable bonds is 8. The molecule has 0 amide bonds. The molecule has 1 saturated carbocycles. The standard InChI is InChI=1S/C16H33N3/c1-5-18(6-2)15-9-10-19(12-15)16(13(3)4)11-17-14-7-8-14/h13-17H,5-12H2,1-4H3. The molecule has 0 spiro atoms. The van der Waals surface area contributed by atoms with E-state index in [0.717, 1.165) is 24.0 Å². The zero-order chi connectivity index (χ0) is 13.8. The third-order valence-corrected chi connectivity index (χ3v) is 4.96. The molecule has 2 aliphatic rings. The van der Waals surface area contributed by atoms with Crippen LogP contribution in [0, 0.1) is 5.92 Å². The molecule has 2 fully saturated rings. The fourth-order valence-electron chi connectivity index (χ4n) is 3.47. The first kappa shape index (κ1) is 15.3. The molecule has 0 bridgehead atoms. The second-order valence-corrected chi connectivity index (χ2v) is 6.65. The summed E-state index contributed by atoms with van der Waals surface area (Å²) >= 11 is 0. The van der Waals surface area contributed by atoms with Gasteiger partial charge in [0.25, 0.3) is 0 Å². The zero-order valence-electron chi connectivity index (χ0n) is 13.4. The predicted molar refractivity (Wildman–Crippen MR) is 82.5 cm³/mol. The number of nitrogens with zero attached hydrogens (tertiary/aromatic N) is 2. The Kier molecular flexibility index (Phi) is 5.67. The maximum absolute atomic E-state index is 3.73. The average molecular weight is 267 g/mol. The SMILES string of the molecule is CCN(CC)C1CCN(C(CNC2CC2)C(C)C)C1. The summed E-state index contributed by atoms with van der Waals surface area (Å²) in [6, 6.07) is 2.35. The molecule has 0 radical (unpaired) electrons. The normalized spacial score (nSPS) is 26.5. The van der Waals surface area contributed by atoms with Gasteiger partial charge in [-0.15, -0.1) is 0 Å². The van der Waals surface area contributed by atoms with Crippen LogP contribution >= 0.6 is 0 Å². The Morgan fingerprint density at radius 2 is 1.84 bits per heavy atom. The van der Waals surface area contributed by atoms with Gasteiger partial charge in [-0.1, -0.05) is 27.7 Å². The van der Waals surface area contributed by atoms with Crippen LogP contribution < -0.4 is 5.32 Å². The molecule has 1 aliphatic carbocycles. The Balaban J connectivity index is 1.84. The number of nitrogens with one attached hydrogen (secondary N) is 1. The number of likely N-dealkylation sites (tertiary alicyclic amines) is 1. The van der Waals surface area contributed by atoms with Crippen molar-refractivity contribution in [3.8, 4) is 0 Å². The van der Waals surface area contributed by atoms with E-state index in [2.05, 4.69) is 42.8 Å². The van der Waals surface area contributed by atoms with Crippen LogP contribution in [0.5, 0.6) is 0 Å². The van der Waals surface area contributed by atoms with Crippen LogP contribution in [0.25, 0.3) is 0 Å². The van der Waals surface area contributed by atoms with E-state index in [1.54, 1.807) is 0 Å². The predicted octanol–water partition coefficient (Wildman–Crippen LogP) is 2.18. The number of likely N-dealkylation sites (N-methyl/N-ethyl adjacent to an activating group) is 1. The summed E-state index contributed by atoms with van der Waals surface area (Å²) < 4.78 is 0. The summed E-state index contributed by atoms with van der Waals surface area (Å²) in [5, 5.41) is 3.73. The first-order valence-electron chi connectivity index (χ1n) is 8.37. The third-order valence-electron chi connectivity index (χ3n) is 4.96. The van der Waals surface area contributed by atoms with Gasteiger partial charge in [-0.3, -0.25) is 9.80 Å². The second kappa shape index (κ2) is 7.05. The van der Waals surface area contributed by atoms with Crippen molar-refractivity contribution in [2.45, 2.75) is 65.1 Å². The summed E-state index contributed by atoms with van der Waals surface area (Å²) in [6.07, 6.45) is 4.15. The van der Waals surface area contributed by atoms with Crippen molar-refractivity contribution in [2.75, 3.05) is 32.7 Å². The zero-order valence-corrected chi connectivity index (χ0v) is 13.4. The Bertz CT molecular complexity index is 259. The first-order valence-corrected chi connectivity index (χ1v) is 8.37. The van der Waals surface area contributed by atoms with E-state index < -0.39 is 0 Å². The van der Waals surface area contributed by atoms with E-state index >= 15 is 0 Å². The topological polar surface area (TPSA) is 18.5 Å². The molecule has 0 aromatic carbocycles. The van der Waals surface area contributed by atoms with Gasteiger partial charge in [0.05, 0.1) is 0 Å². The fourth-order valence-corrected chi connectivity index (χ4v) is 3.47. The van der Waals surface area contributed by atoms with Gasteiger partial charge < -0.3 is 5.32 Å². The van der Waals surface area contributed by atoms with E-state index in [1.807, 2.05) is 0 Å². The van der Waals surface area contributed by atoms with Crippen molar-refractivity contribution in [3.63, 3.8) is 0 Å². The second-order valence-electron chi connectivity index (χ2n) is 6.65. The molecule has 1 aliphatic heterocycles. The van der Waals surface area contributed by atoms with Gasteiger partial charge in [0.2, 0.25) is 0 Å². The summed E-state index contributed by atoms with van der Waals surface area (Å²) in [5.41, 5.74) is 0. The molecule has 2 rings (SSSR count). The van der Waals surface area contributed by atoms with Crippen molar-refractivity contribution >= 4 is 0 Å². The van der Waals surface area contributed by atoms with Crippen LogP contribution in [-0.2, 0) is 0 Å². The Morgan fingerprint density at radius 1 is 1.16 bits per heavy atom. The Labute approximate surface area is 119 Å². The van der Waals surface area contributed by atoms with Crippen LogP contribution in [0.1, 0.15) is 47.0 Å². The molecule has 3 nitrogen and oxygen atoms in total. The van der Waals surface area contributed by atoms with Gasteiger partial charge in [-0.2, -0.15) is 0 Å². The summed E-state index contributed by atoms with van der Waals surface area (Å²) in [4.78, 5) is 5.37. The van der Waals surface area contributed by atoms with Gasteiger partial charge in [0, 0.05) is 37.8 Å². The lowest BCUT2D eigenvalue weighted by molar-refractivity contribution is 0.158. The molecule has 1 saturated heterocycles. The first-order chi connectivity index (χ1) is 9.15. The molecule has 1 N–H and O–H groups in total. The van der Waals surface area contributed by atoms with Crippen molar-refractivity contribution in [1.82, 2.24) is 15.1 Å². The van der Waals surface area contributed by atoms with Gasteiger partial charge in [0.1, 0.15) is 0 Å². The van der Waals surface area contributed by atoms with Crippen molar-refractivity contribution < 1.29 is 0 Å². The van der Waals surface area contributed by atoms with E-state index in [0.29, 0.717) is 0 Å². The fraction of sp³-hybridized carbons (Fsp3) is 1.00. The summed E-state index contributed by atoms with van der Waals surface area (Å²) in [7, 11) is 0. The van der Waals surface area contributed by atoms with E-state index in [9.17, 15) is 0 Å². The highest BCUT2D eigenvalue weighted by Crippen LogP contribution is 2.23. The molecular weight excluding hydrogens is 234 g/mol. The van der Waals surface area contributed by atoms with Crippen molar-refractivity contribution in [3.05, 3.63) is 0 Å². The highest BCUT2D eigenvalue weighted by atomic mass is 15.3. The minimum atomic E-state index is 0.723. The third kappa shape index (κ3) is 4.17. The van der Waals surface area contributed by atoms with Gasteiger partial charge in [-0.05, 0) is 38.3 Å². The minimum Gasteiger partial charge on any atom is -0.312 e. The van der Waals surface area contributed by atoms with Crippen molar-refractivity contribution in [2.24, 2.45) is 5.92 Å². The van der Waals surface area contributed by atoms with Gasteiger partial charge in [-0.25, -0.2) is 0 Å². The summed E-state index contributed by atoms with van der Waals surface area (Å²) in [5.74, 6) is 0.752. The molecule has 3 heteroatoms. The van der Waals surface area contributed by atoms with E-state index in [1.165, 1.54) is 52.0 Å². The minimum absolute atomic E-state index is 0.723. The Hall–Kier alpha value is -0.120. The highest BCUT2D eigenvalue weighted by Gasteiger charge is 2.32. The van der Waals surface area contributed by atoms with E-state index in [-0.39, 0.29) is 0 Å². The van der Waals surface area contributed by atoms with Crippen LogP contribution in [0.2, 0.25) is 0 Å². The van der Waals surface area contributed by atoms with Crippen LogP contribution in [0.3, 0.4) is 0 Å². The molecule has 19 heavy (non-hydrogen) atoms. The smallest absolute Gasteiger partial charge is 0.0244 e. The molecule has 1 heterocycles. The average Bonchev–Trinajstić information content (AvgIpc) is 3.09. The maximum Gasteiger partial charge on any atom is 0.0244 e. The van der Waals surface area contributed by atoms with E-state index in [4.69, 9.17) is 0 Å². The van der Waals surface area contributed by atoms with Crippen LogP contribution in [-0.4, -0.2) is 60.6 Å². The number of hydrogen-bond donors (Lipinski definition) is 1. The molecule has 0 aromatic heterocycles. The quantitative estimate of drug-likeness (QED) is 0.727. The lowest BCUT2D eigenvalue weighted by atomic mass is 10.0. The van der Waals surface area contributed by atoms with Gasteiger partial charge >= 0.3 is 0 Å². The lowest BCUT2D eigenvalue weighted by Gasteiger charge is -2.33. The van der Waals surface area contributed by atoms with Crippen LogP contribution in [0.4, 0.5) is 0 Å². The lowest BCUT2D eigenvalue weighted by Crippen LogP contribution is -2.46. The molecular formula is C16H33N3. The number of hydrogen-bond acceptors (Lipinski definition) is 3. The van der Waals surface area contributed by atoms with Crippen LogP contribution in [0.15, 0.2) is 0 Å². The molecule has 2 atom stereocenters. The summed E-state index contributed by atoms with van der Waals surface area (Å²) in [6.45, 7) is 15.5. The monoisotopic (exact) mass is 267 g/mol. The molecule has 2 unspecified atom stereocenters. The largest absolute Gasteiger partial charge is 0.312 e. The molecule has 0 aromatic rings. The van der Waals surface area contributed by atoms with Gasteiger partial charge in [0.15, 0.2) is 0 Å². The Morgan fingerprint density at radius 3 is 2.37 bits per heavy atom.